The van der Waals surface area contributed by atoms with Crippen molar-refractivity contribution in [2.75, 3.05) is 36.9 Å². The zero-order valence-electron chi connectivity index (χ0n) is 18.4. The molecule has 31 heavy (non-hydrogen) atoms. The highest BCUT2D eigenvalue weighted by Gasteiger charge is 2.19. The summed E-state index contributed by atoms with van der Waals surface area (Å²) in [5.41, 5.74) is 2.13. The zero-order valence-corrected chi connectivity index (χ0v) is 18.4. The van der Waals surface area contributed by atoms with Gasteiger partial charge in [-0.15, -0.1) is 0 Å². The van der Waals surface area contributed by atoms with Crippen LogP contribution in [0.2, 0.25) is 0 Å². The van der Waals surface area contributed by atoms with Gasteiger partial charge in [0.05, 0.1) is 13.2 Å². The summed E-state index contributed by atoms with van der Waals surface area (Å²) in [7, 11) is 0. The zero-order chi connectivity index (χ0) is 21.9. The Hall–Kier alpha value is -3.02. The number of carbonyl (C=O) groups excluding carboxylic acids is 2. The van der Waals surface area contributed by atoms with E-state index in [0.717, 1.165) is 56.1 Å². The summed E-state index contributed by atoms with van der Waals surface area (Å²) in [6.07, 6.45) is 6.83. The summed E-state index contributed by atoms with van der Waals surface area (Å²) in [5.74, 6) is 0.717. The molecule has 1 heterocycles. The van der Waals surface area contributed by atoms with Crippen LogP contribution >= 0.6 is 0 Å². The van der Waals surface area contributed by atoms with Gasteiger partial charge < -0.3 is 20.3 Å². The van der Waals surface area contributed by atoms with Gasteiger partial charge in [0.1, 0.15) is 5.75 Å². The number of likely N-dealkylation sites (tertiary alicyclic amines) is 1. The van der Waals surface area contributed by atoms with Crippen LogP contribution in [0.15, 0.2) is 48.5 Å². The van der Waals surface area contributed by atoms with E-state index in [1.807, 2.05) is 47.4 Å². The Morgan fingerprint density at radius 1 is 0.968 bits per heavy atom. The maximum atomic E-state index is 12.5. The molecule has 2 aromatic carbocycles. The van der Waals surface area contributed by atoms with E-state index in [0.29, 0.717) is 5.56 Å². The fourth-order valence-electron chi connectivity index (χ4n) is 3.61. The molecule has 0 bridgehead atoms. The molecular weight excluding hydrogens is 390 g/mol. The number of anilines is 2. The first kappa shape index (κ1) is 22.7. The van der Waals surface area contributed by atoms with Gasteiger partial charge in [-0.1, -0.05) is 32.3 Å². The molecule has 0 radical (unpaired) electrons. The molecule has 2 amide bonds. The van der Waals surface area contributed by atoms with Crippen molar-refractivity contribution in [3.05, 3.63) is 54.1 Å². The quantitative estimate of drug-likeness (QED) is 0.503. The van der Waals surface area contributed by atoms with Crippen molar-refractivity contribution in [3.8, 4) is 5.75 Å². The summed E-state index contributed by atoms with van der Waals surface area (Å²) in [5, 5.41) is 5.97. The molecule has 1 fully saturated rings. The van der Waals surface area contributed by atoms with Crippen molar-refractivity contribution in [2.24, 2.45) is 0 Å². The number of rotatable bonds is 11. The molecule has 1 saturated heterocycles. The Balaban J connectivity index is 1.42. The molecule has 0 aromatic heterocycles. The molecule has 1 aliphatic rings. The van der Waals surface area contributed by atoms with Gasteiger partial charge >= 0.3 is 0 Å². The van der Waals surface area contributed by atoms with Crippen LogP contribution < -0.4 is 15.4 Å². The highest BCUT2D eigenvalue weighted by molar-refractivity contribution is 5.96. The van der Waals surface area contributed by atoms with Crippen molar-refractivity contribution < 1.29 is 14.3 Å². The molecule has 2 N–H and O–H groups in total. The lowest BCUT2D eigenvalue weighted by Crippen LogP contribution is -2.27. The van der Waals surface area contributed by atoms with Gasteiger partial charge in [0, 0.05) is 30.0 Å². The van der Waals surface area contributed by atoms with E-state index in [-0.39, 0.29) is 18.4 Å². The van der Waals surface area contributed by atoms with Crippen molar-refractivity contribution in [3.63, 3.8) is 0 Å². The van der Waals surface area contributed by atoms with Crippen LogP contribution in [0, 0.1) is 0 Å². The minimum atomic E-state index is -0.149. The Kier molecular flexibility index (Phi) is 8.76. The van der Waals surface area contributed by atoms with Crippen molar-refractivity contribution in [2.45, 2.75) is 45.4 Å². The number of amides is 2. The van der Waals surface area contributed by atoms with Crippen LogP contribution in [-0.2, 0) is 4.79 Å². The number of nitrogens with one attached hydrogen (secondary N) is 2. The first-order valence-electron chi connectivity index (χ1n) is 11.3. The largest absolute Gasteiger partial charge is 0.494 e. The second-order valence-corrected chi connectivity index (χ2v) is 7.92. The molecule has 0 atom stereocenters. The molecule has 0 unspecified atom stereocenters. The summed E-state index contributed by atoms with van der Waals surface area (Å²) in [6.45, 7) is 4.67. The summed E-state index contributed by atoms with van der Waals surface area (Å²) in [6, 6.07) is 14.8. The number of hydrogen-bond acceptors (Lipinski definition) is 4. The van der Waals surface area contributed by atoms with Crippen molar-refractivity contribution in [1.82, 2.24) is 4.90 Å². The van der Waals surface area contributed by atoms with Crippen molar-refractivity contribution in [1.29, 1.82) is 0 Å². The fourth-order valence-corrected chi connectivity index (χ4v) is 3.61. The number of carbonyl (C=O) groups is 2. The van der Waals surface area contributed by atoms with Crippen molar-refractivity contribution >= 4 is 23.2 Å². The maximum Gasteiger partial charge on any atom is 0.253 e. The van der Waals surface area contributed by atoms with Gasteiger partial charge in [0.15, 0.2) is 0 Å². The average Bonchev–Trinajstić information content (AvgIpc) is 3.33. The van der Waals surface area contributed by atoms with Crippen LogP contribution in [0.3, 0.4) is 0 Å². The number of nitrogens with zero attached hydrogens (tertiary/aromatic N) is 1. The van der Waals surface area contributed by atoms with Crippen LogP contribution in [-0.4, -0.2) is 43.0 Å². The molecule has 6 nitrogen and oxygen atoms in total. The lowest BCUT2D eigenvalue weighted by molar-refractivity contribution is -0.114. The molecule has 2 aromatic rings. The van der Waals surface area contributed by atoms with E-state index < -0.39 is 0 Å². The Morgan fingerprint density at radius 3 is 2.48 bits per heavy atom. The van der Waals surface area contributed by atoms with Gasteiger partial charge in [-0.05, 0) is 61.7 Å². The lowest BCUT2D eigenvalue weighted by atomic mass is 10.1. The SMILES string of the molecule is CCCCCCOc1ccc(NC(=O)CNc2cccc(C(=O)N3CCCC3)c2)cc1. The summed E-state index contributed by atoms with van der Waals surface area (Å²) < 4.78 is 5.73. The number of benzene rings is 2. The van der Waals surface area contributed by atoms with Gasteiger partial charge in [0.2, 0.25) is 5.91 Å². The highest BCUT2D eigenvalue weighted by Crippen LogP contribution is 2.18. The first-order chi connectivity index (χ1) is 15.2. The predicted molar refractivity (Wildman–Crippen MR) is 125 cm³/mol. The second-order valence-electron chi connectivity index (χ2n) is 7.92. The Labute approximate surface area is 185 Å². The Bertz CT molecular complexity index is 845. The molecular formula is C25H33N3O3. The van der Waals surface area contributed by atoms with Crippen LogP contribution in [0.1, 0.15) is 55.8 Å². The lowest BCUT2D eigenvalue weighted by Gasteiger charge is -2.16. The van der Waals surface area contributed by atoms with E-state index in [4.69, 9.17) is 4.74 Å². The highest BCUT2D eigenvalue weighted by atomic mass is 16.5. The van der Waals surface area contributed by atoms with E-state index in [9.17, 15) is 9.59 Å². The summed E-state index contributed by atoms with van der Waals surface area (Å²) >= 11 is 0. The average molecular weight is 424 g/mol. The van der Waals surface area contributed by atoms with E-state index >= 15 is 0 Å². The van der Waals surface area contributed by atoms with E-state index in [1.54, 1.807) is 6.07 Å². The molecule has 0 aliphatic carbocycles. The van der Waals surface area contributed by atoms with Gasteiger partial charge in [0.25, 0.3) is 5.91 Å². The molecule has 3 rings (SSSR count). The smallest absolute Gasteiger partial charge is 0.253 e. The van der Waals surface area contributed by atoms with Gasteiger partial charge in [-0.3, -0.25) is 9.59 Å². The van der Waals surface area contributed by atoms with Crippen LogP contribution in [0.25, 0.3) is 0 Å². The fraction of sp³-hybridized carbons (Fsp3) is 0.440. The Morgan fingerprint density at radius 2 is 1.74 bits per heavy atom. The second kappa shape index (κ2) is 12.0. The molecule has 166 valence electrons. The first-order valence-corrected chi connectivity index (χ1v) is 11.3. The van der Waals surface area contributed by atoms with Gasteiger partial charge in [-0.25, -0.2) is 0 Å². The topological polar surface area (TPSA) is 70.7 Å². The number of ether oxygens (including phenoxy) is 1. The van der Waals surface area contributed by atoms with E-state index in [2.05, 4.69) is 17.6 Å². The molecule has 0 spiro atoms. The van der Waals surface area contributed by atoms with E-state index in [1.165, 1.54) is 19.3 Å². The van der Waals surface area contributed by atoms with Gasteiger partial charge in [-0.2, -0.15) is 0 Å². The predicted octanol–water partition coefficient (Wildman–Crippen LogP) is 4.93. The normalized spacial score (nSPS) is 13.1. The third-order valence-corrected chi connectivity index (χ3v) is 5.36. The maximum absolute atomic E-state index is 12.5. The molecule has 1 aliphatic heterocycles. The minimum absolute atomic E-state index is 0.0540. The monoisotopic (exact) mass is 423 g/mol. The standard InChI is InChI=1S/C25H33N3O3/c1-2-3-4-7-17-31-23-13-11-21(12-14-23)27-24(29)19-26-22-10-8-9-20(18-22)25(30)28-15-5-6-16-28/h8-14,18,26H,2-7,15-17,19H2,1H3,(H,27,29). The van der Waals surface area contributed by atoms with Crippen LogP contribution in [0.5, 0.6) is 5.75 Å². The number of unbranched alkanes of at least 4 members (excludes halogenated alkanes) is 3. The molecule has 0 saturated carbocycles. The minimum Gasteiger partial charge on any atom is -0.494 e. The summed E-state index contributed by atoms with van der Waals surface area (Å²) in [4.78, 5) is 26.7. The third kappa shape index (κ3) is 7.31. The van der Waals surface area contributed by atoms with Crippen LogP contribution in [0.4, 0.5) is 11.4 Å². The molecule has 6 heteroatoms. The number of hydrogen-bond donors (Lipinski definition) is 2. The third-order valence-electron chi connectivity index (χ3n) is 5.36.